The smallest absolute Gasteiger partial charge is 0.136 e. The van der Waals surface area contributed by atoms with Crippen molar-refractivity contribution < 1.29 is 4.39 Å². The van der Waals surface area contributed by atoms with Crippen molar-refractivity contribution in [2.45, 2.75) is 13.3 Å². The van der Waals surface area contributed by atoms with Crippen LogP contribution in [-0.4, -0.2) is 17.0 Å². The molecule has 2 rings (SSSR count). The predicted molar refractivity (Wildman–Crippen MR) is 70.6 cm³/mol. The molecular weight excluding hydrogens is 231 g/mol. The van der Waals surface area contributed by atoms with Gasteiger partial charge in [0.25, 0.3) is 0 Å². The van der Waals surface area contributed by atoms with E-state index < -0.39 is 0 Å². The van der Waals surface area contributed by atoms with Crippen LogP contribution >= 0.6 is 0 Å². The quantitative estimate of drug-likeness (QED) is 0.870. The Morgan fingerprint density at radius 1 is 1.17 bits per heavy atom. The van der Waals surface area contributed by atoms with Crippen molar-refractivity contribution >= 4 is 17.3 Å². The number of halogens is 1. The molecule has 0 fully saturated rings. The number of nitrogens with one attached hydrogen (secondary N) is 2. The summed E-state index contributed by atoms with van der Waals surface area (Å²) in [6.07, 6.45) is 0.743. The number of aromatic nitrogens is 2. The standard InChI is InChI=1S/C13H15FN4/c1-3-11-17-12(15-2)8-13(18-11)16-10-6-4-5-9(14)7-10/h4-8H,3H2,1-2H3,(H2,15,16,17,18). The summed E-state index contributed by atoms with van der Waals surface area (Å²) in [5.41, 5.74) is 0.665. The van der Waals surface area contributed by atoms with E-state index in [4.69, 9.17) is 0 Å². The van der Waals surface area contributed by atoms with Gasteiger partial charge in [0.2, 0.25) is 0 Å². The maximum absolute atomic E-state index is 13.1. The third-order valence-electron chi connectivity index (χ3n) is 2.44. The van der Waals surface area contributed by atoms with Gasteiger partial charge in [-0.3, -0.25) is 0 Å². The fourth-order valence-corrected chi connectivity index (χ4v) is 1.56. The van der Waals surface area contributed by atoms with Crippen LogP contribution in [0, 0.1) is 5.82 Å². The van der Waals surface area contributed by atoms with E-state index in [0.29, 0.717) is 11.5 Å². The van der Waals surface area contributed by atoms with Gasteiger partial charge in [0.15, 0.2) is 0 Å². The molecule has 0 saturated heterocycles. The largest absolute Gasteiger partial charge is 0.373 e. The van der Waals surface area contributed by atoms with Gasteiger partial charge in [0.05, 0.1) is 0 Å². The number of anilines is 3. The molecule has 0 saturated carbocycles. The van der Waals surface area contributed by atoms with Gasteiger partial charge in [-0.25, -0.2) is 14.4 Å². The molecule has 0 aliphatic heterocycles. The number of nitrogens with zero attached hydrogens (tertiary/aromatic N) is 2. The van der Waals surface area contributed by atoms with Gasteiger partial charge in [0.1, 0.15) is 23.3 Å². The molecule has 2 N–H and O–H groups in total. The second-order valence-corrected chi connectivity index (χ2v) is 3.79. The highest BCUT2D eigenvalue weighted by molar-refractivity contribution is 5.59. The molecule has 0 aliphatic carbocycles. The summed E-state index contributed by atoms with van der Waals surface area (Å²) >= 11 is 0. The van der Waals surface area contributed by atoms with E-state index in [0.717, 1.165) is 18.1 Å². The average Bonchev–Trinajstić information content (AvgIpc) is 2.38. The molecule has 0 unspecified atom stereocenters. The SMILES string of the molecule is CCc1nc(NC)cc(Nc2cccc(F)c2)n1. The average molecular weight is 246 g/mol. The van der Waals surface area contributed by atoms with E-state index in [9.17, 15) is 4.39 Å². The Morgan fingerprint density at radius 3 is 2.61 bits per heavy atom. The first-order chi connectivity index (χ1) is 8.71. The van der Waals surface area contributed by atoms with Gasteiger partial charge in [-0.2, -0.15) is 0 Å². The third kappa shape index (κ3) is 2.94. The monoisotopic (exact) mass is 246 g/mol. The number of benzene rings is 1. The first-order valence-electron chi connectivity index (χ1n) is 5.79. The molecule has 0 amide bonds. The van der Waals surface area contributed by atoms with Crippen molar-refractivity contribution in [1.29, 1.82) is 0 Å². The van der Waals surface area contributed by atoms with Gasteiger partial charge in [0, 0.05) is 25.2 Å². The molecule has 94 valence electrons. The summed E-state index contributed by atoms with van der Waals surface area (Å²) in [5.74, 6) is 1.84. The van der Waals surface area contributed by atoms with Crippen LogP contribution in [0.3, 0.4) is 0 Å². The Bertz CT molecular complexity index is 520. The highest BCUT2D eigenvalue weighted by Gasteiger charge is 2.03. The van der Waals surface area contributed by atoms with E-state index in [1.807, 2.05) is 6.92 Å². The lowest BCUT2D eigenvalue weighted by atomic mass is 10.3. The van der Waals surface area contributed by atoms with Gasteiger partial charge < -0.3 is 10.6 Å². The lowest BCUT2D eigenvalue weighted by Gasteiger charge is -2.09. The van der Waals surface area contributed by atoms with Crippen LogP contribution in [-0.2, 0) is 6.42 Å². The molecule has 18 heavy (non-hydrogen) atoms. The summed E-state index contributed by atoms with van der Waals surface area (Å²) in [5, 5.41) is 6.04. The Balaban J connectivity index is 2.28. The van der Waals surface area contributed by atoms with Crippen molar-refractivity contribution in [2.75, 3.05) is 17.7 Å². The zero-order valence-corrected chi connectivity index (χ0v) is 10.4. The molecule has 1 heterocycles. The second-order valence-electron chi connectivity index (χ2n) is 3.79. The zero-order chi connectivity index (χ0) is 13.0. The lowest BCUT2D eigenvalue weighted by molar-refractivity contribution is 0.628. The van der Waals surface area contributed by atoms with Gasteiger partial charge in [-0.1, -0.05) is 13.0 Å². The van der Waals surface area contributed by atoms with Crippen LogP contribution in [0.25, 0.3) is 0 Å². The van der Waals surface area contributed by atoms with Crippen LogP contribution in [0.2, 0.25) is 0 Å². The van der Waals surface area contributed by atoms with Crippen LogP contribution in [0.4, 0.5) is 21.7 Å². The second kappa shape index (κ2) is 5.44. The van der Waals surface area contributed by atoms with Crippen LogP contribution in [0.1, 0.15) is 12.7 Å². The number of rotatable bonds is 4. The van der Waals surface area contributed by atoms with Crippen LogP contribution < -0.4 is 10.6 Å². The predicted octanol–water partition coefficient (Wildman–Crippen LogP) is 2.96. The molecule has 0 aliphatic rings. The highest BCUT2D eigenvalue weighted by atomic mass is 19.1. The minimum absolute atomic E-state index is 0.279. The van der Waals surface area contributed by atoms with Gasteiger partial charge in [-0.05, 0) is 18.2 Å². The summed E-state index contributed by atoms with van der Waals surface area (Å²) in [6.45, 7) is 1.99. The normalized spacial score (nSPS) is 10.2. The Morgan fingerprint density at radius 2 is 1.94 bits per heavy atom. The van der Waals surface area contributed by atoms with E-state index >= 15 is 0 Å². The molecule has 5 heteroatoms. The summed E-state index contributed by atoms with van der Waals surface area (Å²) in [6, 6.07) is 8.05. The summed E-state index contributed by atoms with van der Waals surface area (Å²) < 4.78 is 13.1. The number of hydrogen-bond acceptors (Lipinski definition) is 4. The maximum atomic E-state index is 13.1. The number of aryl methyl sites for hydroxylation is 1. The molecule has 1 aromatic heterocycles. The topological polar surface area (TPSA) is 49.8 Å². The van der Waals surface area contributed by atoms with E-state index in [1.165, 1.54) is 12.1 Å². The molecule has 0 bridgehead atoms. The highest BCUT2D eigenvalue weighted by Crippen LogP contribution is 2.18. The molecule has 4 nitrogen and oxygen atoms in total. The van der Waals surface area contributed by atoms with Crippen molar-refractivity contribution in [1.82, 2.24) is 9.97 Å². The van der Waals surface area contributed by atoms with Crippen molar-refractivity contribution in [3.05, 3.63) is 42.0 Å². The summed E-state index contributed by atoms with van der Waals surface area (Å²) in [7, 11) is 1.80. The third-order valence-corrected chi connectivity index (χ3v) is 2.44. The number of hydrogen-bond donors (Lipinski definition) is 2. The fraction of sp³-hybridized carbons (Fsp3) is 0.231. The molecule has 0 radical (unpaired) electrons. The van der Waals surface area contributed by atoms with E-state index in [-0.39, 0.29) is 5.82 Å². The van der Waals surface area contributed by atoms with E-state index in [2.05, 4.69) is 20.6 Å². The Kier molecular flexibility index (Phi) is 3.72. The van der Waals surface area contributed by atoms with E-state index in [1.54, 1.807) is 25.2 Å². The van der Waals surface area contributed by atoms with Gasteiger partial charge >= 0.3 is 0 Å². The molecule has 1 aromatic carbocycles. The fourth-order valence-electron chi connectivity index (χ4n) is 1.56. The molecule has 2 aromatic rings. The maximum Gasteiger partial charge on any atom is 0.136 e. The van der Waals surface area contributed by atoms with Crippen molar-refractivity contribution in [3.63, 3.8) is 0 Å². The first kappa shape index (κ1) is 12.3. The van der Waals surface area contributed by atoms with Crippen LogP contribution in [0.15, 0.2) is 30.3 Å². The minimum Gasteiger partial charge on any atom is -0.373 e. The van der Waals surface area contributed by atoms with Gasteiger partial charge in [-0.15, -0.1) is 0 Å². The van der Waals surface area contributed by atoms with Crippen LogP contribution in [0.5, 0.6) is 0 Å². The Hall–Kier alpha value is -2.17. The molecule has 0 atom stereocenters. The first-order valence-corrected chi connectivity index (χ1v) is 5.79. The van der Waals surface area contributed by atoms with Crippen molar-refractivity contribution in [2.24, 2.45) is 0 Å². The minimum atomic E-state index is -0.279. The zero-order valence-electron chi connectivity index (χ0n) is 10.4. The molecule has 0 spiro atoms. The Labute approximate surface area is 105 Å². The summed E-state index contributed by atoms with van der Waals surface area (Å²) in [4.78, 5) is 8.63. The lowest BCUT2D eigenvalue weighted by Crippen LogP contribution is -2.03. The molecular formula is C13H15FN4. The van der Waals surface area contributed by atoms with Crippen molar-refractivity contribution in [3.8, 4) is 0 Å².